The van der Waals surface area contributed by atoms with Crippen LogP contribution in [0.2, 0.25) is 0 Å². The first-order valence-electron chi connectivity index (χ1n) is 6.11. The van der Waals surface area contributed by atoms with E-state index < -0.39 is 6.10 Å². The minimum atomic E-state index is -0.562. The first-order chi connectivity index (χ1) is 7.24. The number of aliphatic hydroxyl groups is 1. The molecule has 3 nitrogen and oxygen atoms in total. The van der Waals surface area contributed by atoms with E-state index in [1.165, 1.54) is 32.1 Å². The van der Waals surface area contributed by atoms with Crippen LogP contribution in [0.25, 0.3) is 0 Å². The van der Waals surface area contributed by atoms with Crippen LogP contribution in [-0.2, 0) is 9.53 Å². The van der Waals surface area contributed by atoms with Gasteiger partial charge in [0.1, 0.15) is 12.2 Å². The van der Waals surface area contributed by atoms with Crippen LogP contribution in [0.3, 0.4) is 0 Å². The fraction of sp³-hybridized carbons (Fsp3) is 0.917. The molecule has 1 N–H and O–H groups in total. The summed E-state index contributed by atoms with van der Waals surface area (Å²) in [6.07, 6.45) is 7.56. The van der Waals surface area contributed by atoms with Crippen LogP contribution in [0.4, 0.5) is 0 Å². The quantitative estimate of drug-likeness (QED) is 0.523. The van der Waals surface area contributed by atoms with E-state index in [-0.39, 0.29) is 18.5 Å². The molecule has 0 spiro atoms. The van der Waals surface area contributed by atoms with E-state index in [0.717, 1.165) is 12.8 Å². The highest BCUT2D eigenvalue weighted by atomic mass is 16.6. The minimum absolute atomic E-state index is 0.181. The van der Waals surface area contributed by atoms with E-state index in [0.29, 0.717) is 0 Å². The van der Waals surface area contributed by atoms with Crippen molar-refractivity contribution in [1.82, 2.24) is 0 Å². The zero-order valence-corrected chi connectivity index (χ0v) is 9.58. The lowest BCUT2D eigenvalue weighted by molar-refractivity contribution is -0.142. The van der Waals surface area contributed by atoms with Crippen molar-refractivity contribution < 1.29 is 14.6 Å². The second-order valence-electron chi connectivity index (χ2n) is 4.36. The zero-order valence-electron chi connectivity index (χ0n) is 9.58. The highest BCUT2D eigenvalue weighted by Gasteiger charge is 2.32. The molecule has 2 atom stereocenters. The van der Waals surface area contributed by atoms with Crippen LogP contribution >= 0.6 is 0 Å². The third-order valence-electron chi connectivity index (χ3n) is 2.93. The van der Waals surface area contributed by atoms with E-state index in [1.54, 1.807) is 0 Å². The van der Waals surface area contributed by atoms with Gasteiger partial charge in [-0.05, 0) is 12.8 Å². The second kappa shape index (κ2) is 6.83. The van der Waals surface area contributed by atoms with Crippen LogP contribution < -0.4 is 0 Å². The molecule has 0 unspecified atom stereocenters. The predicted octanol–water partition coefficient (Wildman–Crippen LogP) is 2.41. The Morgan fingerprint density at radius 1 is 1.27 bits per heavy atom. The number of ether oxygens (including phenoxy) is 1. The smallest absolute Gasteiger partial charge is 0.308 e. The molecule has 1 rings (SSSR count). The van der Waals surface area contributed by atoms with Gasteiger partial charge < -0.3 is 9.84 Å². The van der Waals surface area contributed by atoms with Crippen LogP contribution in [0, 0.1) is 0 Å². The van der Waals surface area contributed by atoms with Gasteiger partial charge in [-0.3, -0.25) is 4.79 Å². The van der Waals surface area contributed by atoms with Gasteiger partial charge in [0.25, 0.3) is 0 Å². The summed E-state index contributed by atoms with van der Waals surface area (Å²) in [5.74, 6) is -0.251. The standard InChI is InChI=1S/C12H22O3/c1-2-3-4-5-6-7-8-11-10(13)9-12(14)15-11/h10-11,13H,2-9H2,1H3/t10-,11+/m0/s1. The predicted molar refractivity (Wildman–Crippen MR) is 58.5 cm³/mol. The topological polar surface area (TPSA) is 46.5 Å². The maximum atomic E-state index is 10.9. The van der Waals surface area contributed by atoms with Gasteiger partial charge in [0.15, 0.2) is 0 Å². The van der Waals surface area contributed by atoms with E-state index >= 15 is 0 Å². The summed E-state index contributed by atoms with van der Waals surface area (Å²) in [6, 6.07) is 0. The van der Waals surface area contributed by atoms with Crippen molar-refractivity contribution >= 4 is 5.97 Å². The van der Waals surface area contributed by atoms with Crippen molar-refractivity contribution in [1.29, 1.82) is 0 Å². The average Bonchev–Trinajstić information content (AvgIpc) is 2.51. The SMILES string of the molecule is CCCCCCCC[C@H]1OC(=O)C[C@@H]1O. The average molecular weight is 214 g/mol. The summed E-state index contributed by atoms with van der Waals surface area (Å²) < 4.78 is 5.01. The molecule has 0 aromatic heterocycles. The molecule has 1 fully saturated rings. The highest BCUT2D eigenvalue weighted by molar-refractivity contribution is 5.72. The van der Waals surface area contributed by atoms with Crippen LogP contribution in [-0.4, -0.2) is 23.3 Å². The Bertz CT molecular complexity index is 191. The third kappa shape index (κ3) is 4.65. The largest absolute Gasteiger partial charge is 0.460 e. The Hall–Kier alpha value is -0.570. The monoisotopic (exact) mass is 214 g/mol. The molecule has 0 saturated carbocycles. The first kappa shape index (κ1) is 12.5. The number of esters is 1. The van der Waals surface area contributed by atoms with Crippen molar-refractivity contribution in [3.63, 3.8) is 0 Å². The van der Waals surface area contributed by atoms with Crippen LogP contribution in [0.1, 0.15) is 58.3 Å². The molecule has 0 aromatic carbocycles. The summed E-state index contributed by atoms with van der Waals surface area (Å²) in [4.78, 5) is 10.9. The normalized spacial score (nSPS) is 25.6. The fourth-order valence-corrected chi connectivity index (χ4v) is 1.97. The van der Waals surface area contributed by atoms with E-state index in [9.17, 15) is 9.90 Å². The second-order valence-corrected chi connectivity index (χ2v) is 4.36. The maximum Gasteiger partial charge on any atom is 0.308 e. The first-order valence-corrected chi connectivity index (χ1v) is 6.11. The molecule has 88 valence electrons. The number of aliphatic hydroxyl groups excluding tert-OH is 1. The van der Waals surface area contributed by atoms with E-state index in [1.807, 2.05) is 0 Å². The fourth-order valence-electron chi connectivity index (χ4n) is 1.97. The number of hydrogen-bond donors (Lipinski definition) is 1. The molecule has 0 bridgehead atoms. The molecular weight excluding hydrogens is 192 g/mol. The third-order valence-corrected chi connectivity index (χ3v) is 2.93. The van der Waals surface area contributed by atoms with Crippen LogP contribution in [0.15, 0.2) is 0 Å². The van der Waals surface area contributed by atoms with Gasteiger partial charge >= 0.3 is 5.97 Å². The molecule has 0 amide bonds. The van der Waals surface area contributed by atoms with Crippen LogP contribution in [0.5, 0.6) is 0 Å². The van der Waals surface area contributed by atoms with Gasteiger partial charge in [-0.2, -0.15) is 0 Å². The van der Waals surface area contributed by atoms with Crippen molar-refractivity contribution in [3.8, 4) is 0 Å². The summed E-state index contributed by atoms with van der Waals surface area (Å²) in [5.41, 5.74) is 0. The van der Waals surface area contributed by atoms with Gasteiger partial charge in [0.2, 0.25) is 0 Å². The van der Waals surface area contributed by atoms with Crippen molar-refractivity contribution in [2.24, 2.45) is 0 Å². The Balaban J connectivity index is 1.98. The number of hydrogen-bond acceptors (Lipinski definition) is 3. The Morgan fingerprint density at radius 2 is 1.93 bits per heavy atom. The summed E-state index contributed by atoms with van der Waals surface area (Å²) in [5, 5.41) is 9.45. The lowest BCUT2D eigenvalue weighted by Gasteiger charge is -2.12. The minimum Gasteiger partial charge on any atom is -0.460 e. The van der Waals surface area contributed by atoms with Gasteiger partial charge in [-0.1, -0.05) is 39.0 Å². The molecule has 0 radical (unpaired) electrons. The van der Waals surface area contributed by atoms with Gasteiger partial charge in [0.05, 0.1) is 6.42 Å². The molecular formula is C12H22O3. The van der Waals surface area contributed by atoms with Crippen molar-refractivity contribution in [2.75, 3.05) is 0 Å². The number of rotatable bonds is 7. The van der Waals surface area contributed by atoms with E-state index in [4.69, 9.17) is 4.74 Å². The molecule has 0 aliphatic carbocycles. The zero-order chi connectivity index (χ0) is 11.1. The maximum absolute atomic E-state index is 10.9. The Morgan fingerprint density at radius 3 is 2.53 bits per heavy atom. The molecule has 3 heteroatoms. The molecule has 15 heavy (non-hydrogen) atoms. The van der Waals surface area contributed by atoms with E-state index in [2.05, 4.69) is 6.92 Å². The molecule has 0 aromatic rings. The Labute approximate surface area is 91.8 Å². The number of cyclic esters (lactones) is 1. The van der Waals surface area contributed by atoms with Crippen molar-refractivity contribution in [3.05, 3.63) is 0 Å². The number of carbonyl (C=O) groups excluding carboxylic acids is 1. The summed E-state index contributed by atoms with van der Waals surface area (Å²) in [7, 11) is 0. The van der Waals surface area contributed by atoms with Crippen molar-refractivity contribution in [2.45, 2.75) is 70.5 Å². The van der Waals surface area contributed by atoms with Gasteiger partial charge in [0, 0.05) is 0 Å². The summed E-state index contributed by atoms with van der Waals surface area (Å²) >= 11 is 0. The number of unbranched alkanes of at least 4 members (excludes halogenated alkanes) is 5. The van der Waals surface area contributed by atoms with Gasteiger partial charge in [-0.15, -0.1) is 0 Å². The Kier molecular flexibility index (Phi) is 5.69. The van der Waals surface area contributed by atoms with Gasteiger partial charge in [-0.25, -0.2) is 0 Å². The molecule has 1 aliphatic rings. The highest BCUT2D eigenvalue weighted by Crippen LogP contribution is 2.20. The summed E-state index contributed by atoms with van der Waals surface area (Å²) in [6.45, 7) is 2.20. The molecule has 1 saturated heterocycles. The number of carbonyl (C=O) groups is 1. The molecule has 1 heterocycles. The lowest BCUT2D eigenvalue weighted by atomic mass is 10.0. The molecule has 1 aliphatic heterocycles. The lowest BCUT2D eigenvalue weighted by Crippen LogP contribution is -2.20.